The fourth-order valence-corrected chi connectivity index (χ4v) is 2.89. The lowest BCUT2D eigenvalue weighted by Gasteiger charge is -2.28. The van der Waals surface area contributed by atoms with Gasteiger partial charge in [0.25, 0.3) is 11.8 Å². The van der Waals surface area contributed by atoms with Crippen molar-refractivity contribution < 1.29 is 14.3 Å². The Morgan fingerprint density at radius 3 is 2.77 bits per heavy atom. The van der Waals surface area contributed by atoms with E-state index < -0.39 is 0 Å². The Hall–Kier alpha value is -2.15. The summed E-state index contributed by atoms with van der Waals surface area (Å²) in [6, 6.07) is 2.31. The lowest BCUT2D eigenvalue weighted by atomic mass is 9.91. The molecule has 2 aliphatic rings. The average molecular weight is 304 g/mol. The first-order valence-electron chi connectivity index (χ1n) is 7.56. The van der Waals surface area contributed by atoms with Gasteiger partial charge in [-0.15, -0.1) is 0 Å². The molecule has 0 aromatic carbocycles. The van der Waals surface area contributed by atoms with Gasteiger partial charge in [-0.1, -0.05) is 0 Å². The van der Waals surface area contributed by atoms with E-state index in [2.05, 4.69) is 20.9 Å². The van der Waals surface area contributed by atoms with Crippen LogP contribution in [0.15, 0.2) is 12.3 Å². The van der Waals surface area contributed by atoms with Gasteiger partial charge in [-0.05, 0) is 32.7 Å². The van der Waals surface area contributed by atoms with Gasteiger partial charge in [0.2, 0.25) is 0 Å². The topological polar surface area (TPSA) is 92.4 Å². The molecule has 2 heterocycles. The number of nitrogens with one attached hydrogen (secondary N) is 3. The van der Waals surface area contributed by atoms with Gasteiger partial charge in [0.1, 0.15) is 17.1 Å². The third-order valence-electron chi connectivity index (χ3n) is 4.20. The van der Waals surface area contributed by atoms with Gasteiger partial charge < -0.3 is 20.7 Å². The summed E-state index contributed by atoms with van der Waals surface area (Å²) in [4.78, 5) is 27.6. The molecule has 0 radical (unpaired) electrons. The van der Waals surface area contributed by atoms with Crippen LogP contribution >= 0.6 is 0 Å². The van der Waals surface area contributed by atoms with Crippen molar-refractivity contribution in [1.29, 1.82) is 0 Å². The second-order valence-electron chi connectivity index (χ2n) is 5.71. The van der Waals surface area contributed by atoms with Crippen LogP contribution in [0.3, 0.4) is 0 Å². The third kappa shape index (κ3) is 3.19. The number of carbonyl (C=O) groups excluding carboxylic acids is 2. The molecule has 0 bridgehead atoms. The lowest BCUT2D eigenvalue weighted by Crippen LogP contribution is -2.41. The fourth-order valence-electron chi connectivity index (χ4n) is 2.89. The number of rotatable bonds is 3. The molecule has 1 aliphatic carbocycles. The molecule has 3 N–H and O–H groups in total. The van der Waals surface area contributed by atoms with Gasteiger partial charge >= 0.3 is 0 Å². The van der Waals surface area contributed by atoms with Crippen LogP contribution in [0, 0.1) is 0 Å². The monoisotopic (exact) mass is 304 g/mol. The van der Waals surface area contributed by atoms with E-state index in [0.717, 1.165) is 25.7 Å². The van der Waals surface area contributed by atoms with Crippen molar-refractivity contribution >= 4 is 17.5 Å². The number of anilines is 1. The smallest absolute Gasteiger partial charge is 0.270 e. The summed E-state index contributed by atoms with van der Waals surface area (Å²) in [6.07, 6.45) is 5.52. The van der Waals surface area contributed by atoms with Crippen LogP contribution in [0.4, 0.5) is 5.69 Å². The van der Waals surface area contributed by atoms with Gasteiger partial charge in [-0.2, -0.15) is 0 Å². The highest BCUT2D eigenvalue weighted by Gasteiger charge is 2.23. The predicted octanol–water partition coefficient (Wildman–Crippen LogP) is 0.673. The fraction of sp³-hybridized carbons (Fsp3) is 0.533. The molecule has 1 aromatic heterocycles. The second kappa shape index (κ2) is 6.31. The Labute approximate surface area is 128 Å². The van der Waals surface area contributed by atoms with Crippen molar-refractivity contribution in [3.63, 3.8) is 0 Å². The predicted molar refractivity (Wildman–Crippen MR) is 80.9 cm³/mol. The first kappa shape index (κ1) is 14.8. The highest BCUT2D eigenvalue weighted by molar-refractivity contribution is 5.97. The first-order valence-corrected chi connectivity index (χ1v) is 7.56. The summed E-state index contributed by atoms with van der Waals surface area (Å²) >= 11 is 0. The number of hydrogen-bond acceptors (Lipinski definition) is 5. The van der Waals surface area contributed by atoms with Gasteiger partial charge in [-0.3, -0.25) is 9.59 Å². The zero-order valence-corrected chi connectivity index (χ0v) is 12.5. The molecule has 0 unspecified atom stereocenters. The summed E-state index contributed by atoms with van der Waals surface area (Å²) in [5.41, 5.74) is 0.813. The Morgan fingerprint density at radius 1 is 1.32 bits per heavy atom. The van der Waals surface area contributed by atoms with Gasteiger partial charge in [-0.25, -0.2) is 4.98 Å². The summed E-state index contributed by atoms with van der Waals surface area (Å²) in [5.74, 6) is 0.0719. The number of pyridine rings is 1. The van der Waals surface area contributed by atoms with E-state index in [1.165, 1.54) is 6.20 Å². The molecule has 1 aromatic rings. The normalized spacial score (nSPS) is 24.0. The van der Waals surface area contributed by atoms with Crippen LogP contribution in [0.1, 0.15) is 36.2 Å². The summed E-state index contributed by atoms with van der Waals surface area (Å²) < 4.78 is 5.30. The van der Waals surface area contributed by atoms with E-state index in [1.807, 2.05) is 7.05 Å². The van der Waals surface area contributed by atoms with E-state index in [1.54, 1.807) is 6.07 Å². The minimum atomic E-state index is -0.215. The van der Waals surface area contributed by atoms with Crippen molar-refractivity contribution in [1.82, 2.24) is 15.6 Å². The number of nitrogens with zero attached hydrogens (tertiary/aromatic N) is 1. The Kier molecular flexibility index (Phi) is 4.24. The van der Waals surface area contributed by atoms with E-state index in [9.17, 15) is 9.59 Å². The van der Waals surface area contributed by atoms with Crippen molar-refractivity contribution in [2.75, 3.05) is 19.0 Å². The highest BCUT2D eigenvalue weighted by atomic mass is 16.5. The number of ether oxygens (including phenoxy) is 1. The maximum atomic E-state index is 12.3. The van der Waals surface area contributed by atoms with Crippen LogP contribution in [0.2, 0.25) is 0 Å². The lowest BCUT2D eigenvalue weighted by molar-refractivity contribution is -0.118. The van der Waals surface area contributed by atoms with Crippen LogP contribution in [0.5, 0.6) is 5.75 Å². The molecule has 1 fully saturated rings. The van der Waals surface area contributed by atoms with Crippen molar-refractivity contribution in [2.45, 2.75) is 37.8 Å². The van der Waals surface area contributed by atoms with Crippen LogP contribution in [-0.4, -0.2) is 42.5 Å². The van der Waals surface area contributed by atoms with E-state index in [4.69, 9.17) is 4.74 Å². The van der Waals surface area contributed by atoms with E-state index in [-0.39, 0.29) is 24.5 Å². The maximum absolute atomic E-state index is 12.3. The molecule has 22 heavy (non-hydrogen) atoms. The zero-order chi connectivity index (χ0) is 15.5. The number of aromatic nitrogens is 1. The summed E-state index contributed by atoms with van der Waals surface area (Å²) in [7, 11) is 1.97. The second-order valence-corrected chi connectivity index (χ2v) is 5.71. The molecule has 7 nitrogen and oxygen atoms in total. The number of amides is 2. The van der Waals surface area contributed by atoms with Gasteiger partial charge in [0.05, 0.1) is 6.20 Å². The van der Waals surface area contributed by atoms with Crippen LogP contribution in [0.25, 0.3) is 0 Å². The van der Waals surface area contributed by atoms with E-state index >= 15 is 0 Å². The zero-order valence-electron chi connectivity index (χ0n) is 12.5. The maximum Gasteiger partial charge on any atom is 0.270 e. The Bertz CT molecular complexity index is 582. The molecule has 0 saturated heterocycles. The molecular weight excluding hydrogens is 284 g/mol. The van der Waals surface area contributed by atoms with Gasteiger partial charge in [0.15, 0.2) is 6.61 Å². The molecular formula is C15H20N4O3. The van der Waals surface area contributed by atoms with Crippen LogP contribution in [-0.2, 0) is 4.79 Å². The molecule has 0 spiro atoms. The largest absolute Gasteiger partial charge is 0.481 e. The van der Waals surface area contributed by atoms with Gasteiger partial charge in [0, 0.05) is 18.2 Å². The number of fused-ring (bicyclic) bond motifs is 1. The standard InChI is InChI=1S/C15H20N4O3/c1-16-9-2-4-10(5-3-9)18-15(21)11-6-13-12(7-17-11)19-14(20)8-22-13/h6-7,9-10,16H,2-5,8H2,1H3,(H,18,21)(H,19,20). The summed E-state index contributed by atoms with van der Waals surface area (Å²) in [6.45, 7) is -0.0356. The molecule has 1 aliphatic heterocycles. The summed E-state index contributed by atoms with van der Waals surface area (Å²) in [5, 5.41) is 8.95. The molecule has 7 heteroatoms. The molecule has 3 rings (SSSR count). The van der Waals surface area contributed by atoms with Crippen molar-refractivity contribution in [3.8, 4) is 5.75 Å². The third-order valence-corrected chi connectivity index (χ3v) is 4.20. The highest BCUT2D eigenvalue weighted by Crippen LogP contribution is 2.27. The molecule has 1 saturated carbocycles. The minimum absolute atomic E-state index is 0.0356. The Morgan fingerprint density at radius 2 is 2.05 bits per heavy atom. The number of carbonyl (C=O) groups is 2. The molecule has 118 valence electrons. The average Bonchev–Trinajstić information content (AvgIpc) is 2.55. The SMILES string of the molecule is CNC1CCC(NC(=O)c2cc3c(cn2)NC(=O)CO3)CC1. The molecule has 2 amide bonds. The first-order chi connectivity index (χ1) is 10.7. The van der Waals surface area contributed by atoms with Crippen LogP contribution < -0.4 is 20.7 Å². The minimum Gasteiger partial charge on any atom is -0.481 e. The molecule has 0 atom stereocenters. The Balaban J connectivity index is 1.62. The van der Waals surface area contributed by atoms with E-state index in [0.29, 0.717) is 23.2 Å². The van der Waals surface area contributed by atoms with Crippen molar-refractivity contribution in [3.05, 3.63) is 18.0 Å². The van der Waals surface area contributed by atoms with Crippen molar-refractivity contribution in [2.24, 2.45) is 0 Å². The quantitative estimate of drug-likeness (QED) is 0.763. The number of hydrogen-bond donors (Lipinski definition) is 3.